The Bertz CT molecular complexity index is 750. The third-order valence-electron chi connectivity index (χ3n) is 2.60. The van der Waals surface area contributed by atoms with Crippen LogP contribution in [0.1, 0.15) is 0 Å². The normalized spacial score (nSPS) is 11.0. The Morgan fingerprint density at radius 2 is 1.71 bits per heavy atom. The van der Waals surface area contributed by atoms with Gasteiger partial charge >= 0.3 is 17.2 Å². The fourth-order valence-electron chi connectivity index (χ4n) is 1.73. The van der Waals surface area contributed by atoms with Crippen LogP contribution in [0.25, 0.3) is 11.2 Å². The Hall–Kier alpha value is -2.45. The summed E-state index contributed by atoms with van der Waals surface area (Å²) in [6.07, 6.45) is 0. The van der Waals surface area contributed by atoms with Gasteiger partial charge in [-0.3, -0.25) is 13.9 Å². The van der Waals surface area contributed by atoms with E-state index in [2.05, 4.69) is 4.98 Å². The molecule has 0 saturated heterocycles. The molecule has 2 heterocycles. The molecule has 9 heteroatoms. The molecule has 2 aromatic heterocycles. The lowest BCUT2D eigenvalue weighted by Crippen LogP contribution is -2.37. The molecule has 0 saturated carbocycles. The molecule has 90 valence electrons. The molecule has 0 bridgehead atoms. The van der Waals surface area contributed by atoms with Gasteiger partial charge in [-0.15, -0.1) is 0 Å². The Labute approximate surface area is 93.7 Å². The number of nitrogens with zero attached hydrogens (tertiary/aromatic N) is 5. The highest BCUT2D eigenvalue weighted by Crippen LogP contribution is 2.14. The highest BCUT2D eigenvalue weighted by molar-refractivity contribution is 5.72. The van der Waals surface area contributed by atoms with Gasteiger partial charge in [0, 0.05) is 14.1 Å². The van der Waals surface area contributed by atoms with E-state index in [9.17, 15) is 19.7 Å². The zero-order chi connectivity index (χ0) is 12.9. The first-order valence-electron chi connectivity index (χ1n) is 4.63. The highest BCUT2D eigenvalue weighted by Gasteiger charge is 2.25. The quantitative estimate of drug-likeness (QED) is 0.463. The van der Waals surface area contributed by atoms with Crippen LogP contribution in [0.5, 0.6) is 0 Å². The van der Waals surface area contributed by atoms with Crippen molar-refractivity contribution in [1.29, 1.82) is 0 Å². The summed E-state index contributed by atoms with van der Waals surface area (Å²) in [5.74, 6) is -0.474. The molecule has 17 heavy (non-hydrogen) atoms. The molecule has 9 nitrogen and oxygen atoms in total. The van der Waals surface area contributed by atoms with E-state index in [4.69, 9.17) is 0 Å². The van der Waals surface area contributed by atoms with Crippen molar-refractivity contribution in [3.8, 4) is 0 Å². The fraction of sp³-hybridized carbons (Fsp3) is 0.375. The first-order valence-corrected chi connectivity index (χ1v) is 4.63. The van der Waals surface area contributed by atoms with E-state index in [1.54, 1.807) is 0 Å². The van der Waals surface area contributed by atoms with Gasteiger partial charge in [0.15, 0.2) is 0 Å². The van der Waals surface area contributed by atoms with Crippen molar-refractivity contribution < 1.29 is 4.92 Å². The monoisotopic (exact) mass is 239 g/mol. The van der Waals surface area contributed by atoms with Gasteiger partial charge in [-0.2, -0.15) is 0 Å². The number of hydrogen-bond acceptors (Lipinski definition) is 5. The van der Waals surface area contributed by atoms with Crippen LogP contribution >= 0.6 is 0 Å². The van der Waals surface area contributed by atoms with Crippen LogP contribution < -0.4 is 11.2 Å². The molecule has 2 aromatic rings. The minimum Gasteiger partial charge on any atom is -0.390 e. The van der Waals surface area contributed by atoms with E-state index in [1.165, 1.54) is 21.1 Å². The Morgan fingerprint density at radius 3 is 2.24 bits per heavy atom. The van der Waals surface area contributed by atoms with Crippen LogP contribution in [0.15, 0.2) is 9.59 Å². The van der Waals surface area contributed by atoms with Gasteiger partial charge < -0.3 is 10.1 Å². The lowest BCUT2D eigenvalue weighted by molar-refractivity contribution is -0.396. The summed E-state index contributed by atoms with van der Waals surface area (Å²) in [6, 6.07) is 0. The van der Waals surface area contributed by atoms with E-state index >= 15 is 0 Å². The largest absolute Gasteiger partial charge is 0.436 e. The van der Waals surface area contributed by atoms with Gasteiger partial charge in [-0.05, 0) is 4.92 Å². The molecular weight excluding hydrogens is 230 g/mol. The number of aryl methyl sites for hydroxylation is 2. The third kappa shape index (κ3) is 1.28. The molecule has 0 amide bonds. The lowest BCUT2D eigenvalue weighted by Gasteiger charge is -2.01. The SMILES string of the molecule is Cn1c(=O)c2nc([N+](=O)[O-])n(C)c2n(C)c1=O. The van der Waals surface area contributed by atoms with Crippen molar-refractivity contribution in [3.63, 3.8) is 0 Å². The van der Waals surface area contributed by atoms with E-state index in [0.29, 0.717) is 0 Å². The standard InChI is InChI=1S/C8H9N5O4/c1-10-5-4(9-7(10)13(16)17)6(14)12(3)8(15)11(5)2/h1-3H3. The van der Waals surface area contributed by atoms with E-state index in [0.717, 1.165) is 13.7 Å². The summed E-state index contributed by atoms with van der Waals surface area (Å²) in [6.45, 7) is 0. The Balaban J connectivity index is 3.14. The third-order valence-corrected chi connectivity index (χ3v) is 2.60. The summed E-state index contributed by atoms with van der Waals surface area (Å²) in [5.41, 5.74) is -1.17. The van der Waals surface area contributed by atoms with Crippen LogP contribution in [0, 0.1) is 10.1 Å². The molecule has 0 aliphatic heterocycles. The fourth-order valence-corrected chi connectivity index (χ4v) is 1.73. The molecule has 2 rings (SSSR count). The maximum absolute atomic E-state index is 11.7. The topological polar surface area (TPSA) is 105 Å². The molecule has 0 fully saturated rings. The molecule has 0 unspecified atom stereocenters. The summed E-state index contributed by atoms with van der Waals surface area (Å²) >= 11 is 0. The van der Waals surface area contributed by atoms with Crippen molar-refractivity contribution in [3.05, 3.63) is 31.0 Å². The number of nitro groups is 1. The van der Waals surface area contributed by atoms with Gasteiger partial charge in [0.2, 0.25) is 5.65 Å². The lowest BCUT2D eigenvalue weighted by atomic mass is 10.5. The first kappa shape index (κ1) is 11.0. The summed E-state index contributed by atoms with van der Waals surface area (Å²) in [4.78, 5) is 37.0. The number of rotatable bonds is 1. The van der Waals surface area contributed by atoms with E-state index in [1.807, 2.05) is 0 Å². The van der Waals surface area contributed by atoms with Crippen LogP contribution in [-0.2, 0) is 21.1 Å². The Kier molecular flexibility index (Phi) is 2.12. The van der Waals surface area contributed by atoms with Crippen molar-refractivity contribution in [1.82, 2.24) is 18.7 Å². The maximum atomic E-state index is 11.7. The van der Waals surface area contributed by atoms with Crippen LogP contribution in [0.4, 0.5) is 5.95 Å². The van der Waals surface area contributed by atoms with Crippen LogP contribution in [0.2, 0.25) is 0 Å². The maximum Gasteiger partial charge on any atom is 0.436 e. The van der Waals surface area contributed by atoms with E-state index in [-0.39, 0.29) is 11.2 Å². The second-order valence-corrected chi connectivity index (χ2v) is 3.61. The molecule has 0 spiro atoms. The molecule has 0 aromatic carbocycles. The number of hydrogen-bond donors (Lipinski definition) is 0. The first-order chi connectivity index (χ1) is 7.86. The van der Waals surface area contributed by atoms with Gasteiger partial charge in [0.1, 0.15) is 0 Å². The molecule has 0 aliphatic carbocycles. The predicted molar refractivity (Wildman–Crippen MR) is 57.9 cm³/mol. The molecular formula is C8H9N5O4. The van der Waals surface area contributed by atoms with Crippen LogP contribution in [0.3, 0.4) is 0 Å². The average Bonchev–Trinajstić information content (AvgIpc) is 2.62. The van der Waals surface area contributed by atoms with Gasteiger partial charge in [-0.25, -0.2) is 9.36 Å². The second kappa shape index (κ2) is 3.27. The van der Waals surface area contributed by atoms with Gasteiger partial charge in [0.05, 0.1) is 7.05 Å². The zero-order valence-electron chi connectivity index (χ0n) is 9.37. The van der Waals surface area contributed by atoms with Crippen molar-refractivity contribution in [2.45, 2.75) is 0 Å². The minimum atomic E-state index is -0.704. The average molecular weight is 239 g/mol. The molecule has 0 N–H and O–H groups in total. The van der Waals surface area contributed by atoms with E-state index < -0.39 is 22.1 Å². The molecule has 0 atom stereocenters. The highest BCUT2D eigenvalue weighted by atomic mass is 16.6. The zero-order valence-corrected chi connectivity index (χ0v) is 9.37. The van der Waals surface area contributed by atoms with Gasteiger partial charge in [0.25, 0.3) is 5.52 Å². The number of imidazole rings is 1. The summed E-state index contributed by atoms with van der Waals surface area (Å²) in [5, 5.41) is 10.7. The van der Waals surface area contributed by atoms with Crippen molar-refractivity contribution in [2.24, 2.45) is 21.1 Å². The summed E-state index contributed by atoms with van der Waals surface area (Å²) < 4.78 is 3.12. The number of fused-ring (bicyclic) bond motifs is 1. The molecule has 0 radical (unpaired) electrons. The summed E-state index contributed by atoms with van der Waals surface area (Å²) in [7, 11) is 4.10. The minimum absolute atomic E-state index is 0.0937. The Morgan fingerprint density at radius 1 is 1.12 bits per heavy atom. The smallest absolute Gasteiger partial charge is 0.390 e. The van der Waals surface area contributed by atoms with Crippen molar-refractivity contribution >= 4 is 17.1 Å². The second-order valence-electron chi connectivity index (χ2n) is 3.61. The predicted octanol–water partition coefficient (Wildman–Crippen LogP) is -1.12. The van der Waals surface area contributed by atoms with Crippen molar-refractivity contribution in [2.75, 3.05) is 0 Å². The van der Waals surface area contributed by atoms with Gasteiger partial charge in [-0.1, -0.05) is 4.98 Å². The number of aromatic nitrogens is 4. The van der Waals surface area contributed by atoms with Crippen LogP contribution in [-0.4, -0.2) is 23.6 Å². The molecule has 0 aliphatic rings.